The molecule has 1 saturated heterocycles. The van der Waals surface area contributed by atoms with Gasteiger partial charge in [0.2, 0.25) is 11.8 Å². The van der Waals surface area contributed by atoms with E-state index in [4.69, 9.17) is 4.74 Å². The van der Waals surface area contributed by atoms with Crippen LogP contribution in [0, 0.1) is 0 Å². The molecule has 162 valence electrons. The van der Waals surface area contributed by atoms with Gasteiger partial charge in [0.15, 0.2) is 5.17 Å². The fraction of sp³-hybridized carbons (Fsp3) is 0.273. The van der Waals surface area contributed by atoms with Crippen molar-refractivity contribution in [3.05, 3.63) is 54.1 Å². The van der Waals surface area contributed by atoms with E-state index in [1.807, 2.05) is 6.92 Å². The minimum Gasteiger partial charge on any atom is -0.497 e. The van der Waals surface area contributed by atoms with Gasteiger partial charge in [0.1, 0.15) is 11.0 Å². The van der Waals surface area contributed by atoms with Gasteiger partial charge in [-0.3, -0.25) is 14.5 Å². The highest BCUT2D eigenvalue weighted by atomic mass is 32.2. The summed E-state index contributed by atoms with van der Waals surface area (Å²) in [5, 5.41) is 2.65. The molecule has 1 aliphatic rings. The molecule has 1 atom stereocenters. The predicted molar refractivity (Wildman–Crippen MR) is 120 cm³/mol. The third-order valence-corrected chi connectivity index (χ3v) is 5.81. The first kappa shape index (κ1) is 22.4. The van der Waals surface area contributed by atoms with Crippen molar-refractivity contribution in [1.29, 1.82) is 0 Å². The Bertz CT molecular complexity index is 989. The van der Waals surface area contributed by atoms with Crippen molar-refractivity contribution in [2.24, 2.45) is 4.99 Å². The Morgan fingerprint density at radius 1 is 1.13 bits per heavy atom. The number of nitrogens with zero attached hydrogens (tertiary/aromatic N) is 2. The molecule has 1 fully saturated rings. The molecule has 0 radical (unpaired) electrons. The van der Waals surface area contributed by atoms with Crippen LogP contribution in [0.4, 0.5) is 11.4 Å². The molecule has 31 heavy (non-hydrogen) atoms. The van der Waals surface area contributed by atoms with Gasteiger partial charge >= 0.3 is 5.97 Å². The number of hydrogen-bond donors (Lipinski definition) is 1. The summed E-state index contributed by atoms with van der Waals surface area (Å²) in [6.07, 6.45) is 0.0756. The number of thioether (sulfide) groups is 1. The number of hydrogen-bond acceptors (Lipinski definition) is 7. The number of amidine groups is 1. The molecule has 1 N–H and O–H groups in total. The maximum absolute atomic E-state index is 12.8. The van der Waals surface area contributed by atoms with E-state index in [9.17, 15) is 14.4 Å². The van der Waals surface area contributed by atoms with Gasteiger partial charge in [-0.05, 0) is 55.5 Å². The minimum atomic E-state index is -0.618. The summed E-state index contributed by atoms with van der Waals surface area (Å²) in [6.45, 7) is 2.33. The van der Waals surface area contributed by atoms with Crippen molar-refractivity contribution in [3.8, 4) is 5.75 Å². The van der Waals surface area contributed by atoms with Crippen molar-refractivity contribution in [3.63, 3.8) is 0 Å². The molecule has 0 spiro atoms. The summed E-state index contributed by atoms with van der Waals surface area (Å²) < 4.78 is 9.82. The van der Waals surface area contributed by atoms with Crippen molar-refractivity contribution < 1.29 is 23.9 Å². The molecule has 3 rings (SSSR count). The number of rotatable bonds is 6. The highest BCUT2D eigenvalue weighted by molar-refractivity contribution is 8.15. The van der Waals surface area contributed by atoms with Crippen LogP contribution < -0.4 is 10.1 Å². The van der Waals surface area contributed by atoms with Gasteiger partial charge < -0.3 is 14.8 Å². The molecular weight excluding hydrogens is 418 g/mol. The van der Waals surface area contributed by atoms with E-state index in [-0.39, 0.29) is 18.2 Å². The average Bonchev–Trinajstić information content (AvgIpc) is 2.79. The second-order valence-electron chi connectivity index (χ2n) is 6.60. The van der Waals surface area contributed by atoms with Crippen molar-refractivity contribution >= 4 is 46.1 Å². The van der Waals surface area contributed by atoms with Gasteiger partial charge in [-0.2, -0.15) is 0 Å². The Morgan fingerprint density at radius 2 is 1.81 bits per heavy atom. The fourth-order valence-electron chi connectivity index (χ4n) is 2.95. The summed E-state index contributed by atoms with van der Waals surface area (Å²) in [4.78, 5) is 43.1. The molecule has 0 aromatic heterocycles. The summed E-state index contributed by atoms with van der Waals surface area (Å²) in [6, 6.07) is 13.5. The number of methoxy groups -OCH3 is 2. The molecule has 2 aromatic carbocycles. The molecule has 1 heterocycles. The quantitative estimate of drug-likeness (QED) is 0.690. The molecule has 0 saturated carbocycles. The number of nitrogens with one attached hydrogen (secondary N) is 1. The molecule has 1 aliphatic heterocycles. The van der Waals surface area contributed by atoms with Crippen LogP contribution in [0.25, 0.3) is 0 Å². The third kappa shape index (κ3) is 5.43. The highest BCUT2D eigenvalue weighted by Crippen LogP contribution is 2.30. The number of esters is 1. The second-order valence-corrected chi connectivity index (χ2v) is 7.77. The van der Waals surface area contributed by atoms with Crippen LogP contribution in [-0.2, 0) is 14.3 Å². The zero-order valence-corrected chi connectivity index (χ0v) is 18.3. The second kappa shape index (κ2) is 10.1. The van der Waals surface area contributed by atoms with E-state index in [0.717, 1.165) is 0 Å². The smallest absolute Gasteiger partial charge is 0.337 e. The van der Waals surface area contributed by atoms with Crippen LogP contribution in [0.15, 0.2) is 53.5 Å². The predicted octanol–water partition coefficient (Wildman–Crippen LogP) is 3.46. The zero-order chi connectivity index (χ0) is 22.4. The molecule has 2 amide bonds. The standard InChI is InChI=1S/C22H23N3O5S/c1-4-25-19(26)13-18(31-22(25)24-16-9-11-17(29-2)12-10-16)20(27)23-15-7-5-14(6-8-15)21(28)30-3/h5-12,18H,4,13H2,1-3H3,(H,23,27)/t18-/m0/s1. The molecule has 0 bridgehead atoms. The van der Waals surface area contributed by atoms with E-state index in [1.165, 1.54) is 18.9 Å². The topological polar surface area (TPSA) is 97.3 Å². The summed E-state index contributed by atoms with van der Waals surface area (Å²) >= 11 is 1.25. The first-order valence-corrected chi connectivity index (χ1v) is 10.5. The molecular formula is C22H23N3O5S. The van der Waals surface area contributed by atoms with Crippen molar-refractivity contribution in [2.45, 2.75) is 18.6 Å². The lowest BCUT2D eigenvalue weighted by Gasteiger charge is -2.30. The first-order valence-electron chi connectivity index (χ1n) is 9.64. The number of ether oxygens (including phenoxy) is 2. The lowest BCUT2D eigenvalue weighted by molar-refractivity contribution is -0.129. The number of aliphatic imine (C=N–C) groups is 1. The van der Waals surface area contributed by atoms with E-state index < -0.39 is 11.2 Å². The van der Waals surface area contributed by atoms with Crippen LogP contribution in [-0.4, -0.2) is 53.9 Å². The van der Waals surface area contributed by atoms with E-state index in [1.54, 1.807) is 60.5 Å². The molecule has 8 nitrogen and oxygen atoms in total. The molecule has 0 aliphatic carbocycles. The monoisotopic (exact) mass is 441 g/mol. The summed E-state index contributed by atoms with van der Waals surface area (Å²) in [7, 11) is 2.89. The fourth-order valence-corrected chi connectivity index (χ4v) is 4.11. The highest BCUT2D eigenvalue weighted by Gasteiger charge is 2.35. The summed E-state index contributed by atoms with van der Waals surface area (Å²) in [5.41, 5.74) is 1.57. The lowest BCUT2D eigenvalue weighted by atomic mass is 10.2. The lowest BCUT2D eigenvalue weighted by Crippen LogP contribution is -2.45. The number of anilines is 1. The minimum absolute atomic E-state index is 0.0756. The third-order valence-electron chi connectivity index (χ3n) is 4.62. The number of carbonyl (C=O) groups excluding carboxylic acids is 3. The summed E-state index contributed by atoms with van der Waals surface area (Å²) in [5.74, 6) is -0.207. The van der Waals surface area contributed by atoms with Gasteiger partial charge in [0, 0.05) is 18.7 Å². The molecule has 2 aromatic rings. The van der Waals surface area contributed by atoms with Gasteiger partial charge in [-0.25, -0.2) is 9.79 Å². The normalized spacial score (nSPS) is 17.4. The van der Waals surface area contributed by atoms with Crippen LogP contribution >= 0.6 is 11.8 Å². The van der Waals surface area contributed by atoms with Crippen LogP contribution in [0.5, 0.6) is 5.75 Å². The van der Waals surface area contributed by atoms with Crippen molar-refractivity contribution in [2.75, 3.05) is 26.1 Å². The van der Waals surface area contributed by atoms with Gasteiger partial charge in [-0.1, -0.05) is 11.8 Å². The number of carbonyl (C=O) groups is 3. The van der Waals surface area contributed by atoms with E-state index >= 15 is 0 Å². The number of amides is 2. The van der Waals surface area contributed by atoms with Crippen LogP contribution in [0.1, 0.15) is 23.7 Å². The Balaban J connectivity index is 1.75. The first-order chi connectivity index (χ1) is 14.9. The van der Waals surface area contributed by atoms with Crippen LogP contribution in [0.3, 0.4) is 0 Å². The van der Waals surface area contributed by atoms with Gasteiger partial charge in [0.05, 0.1) is 25.5 Å². The largest absolute Gasteiger partial charge is 0.497 e. The Labute approximate surface area is 184 Å². The van der Waals surface area contributed by atoms with Crippen LogP contribution in [0.2, 0.25) is 0 Å². The number of benzene rings is 2. The molecule has 9 heteroatoms. The SMILES string of the molecule is CCN1C(=O)C[C@@H](C(=O)Nc2ccc(C(=O)OC)cc2)SC1=Nc1ccc(OC)cc1. The maximum atomic E-state index is 12.8. The Hall–Kier alpha value is -3.33. The molecule has 0 unspecified atom stereocenters. The van der Waals surface area contributed by atoms with Gasteiger partial charge in [-0.15, -0.1) is 0 Å². The van der Waals surface area contributed by atoms with Crippen molar-refractivity contribution in [1.82, 2.24) is 4.90 Å². The van der Waals surface area contributed by atoms with E-state index in [2.05, 4.69) is 15.0 Å². The maximum Gasteiger partial charge on any atom is 0.337 e. The Kier molecular flexibility index (Phi) is 7.30. The van der Waals surface area contributed by atoms with E-state index in [0.29, 0.717) is 34.4 Å². The zero-order valence-electron chi connectivity index (χ0n) is 17.5. The Morgan fingerprint density at radius 3 is 2.39 bits per heavy atom. The average molecular weight is 442 g/mol. The van der Waals surface area contributed by atoms with Gasteiger partial charge in [0.25, 0.3) is 0 Å².